The second kappa shape index (κ2) is 9.09. The maximum atomic E-state index is 13.0. The number of halogens is 1. The molecule has 0 saturated heterocycles. The number of aromatic nitrogens is 2. The van der Waals surface area contributed by atoms with Crippen LogP contribution in [0, 0.1) is 5.82 Å². The number of carbonyl (C=O) groups is 2. The molecule has 8 heteroatoms. The van der Waals surface area contributed by atoms with Gasteiger partial charge in [0.2, 0.25) is 5.91 Å². The highest BCUT2D eigenvalue weighted by atomic mass is 32.2. The van der Waals surface area contributed by atoms with E-state index in [2.05, 4.69) is 10.3 Å². The molecule has 3 aromatic rings. The third-order valence-corrected chi connectivity index (χ3v) is 5.39. The topological polar surface area (TPSA) is 73.2 Å². The number of nitrogens with zero attached hydrogens (tertiary/aromatic N) is 2. The van der Waals surface area contributed by atoms with Crippen LogP contribution in [0.5, 0.6) is 0 Å². The molecule has 3 rings (SSSR count). The van der Waals surface area contributed by atoms with Crippen molar-refractivity contribution >= 4 is 40.4 Å². The number of nitrogens with one attached hydrogen (secondary N) is 1. The van der Waals surface area contributed by atoms with E-state index in [1.165, 1.54) is 36.0 Å². The highest BCUT2D eigenvalue weighted by Crippen LogP contribution is 2.28. The van der Waals surface area contributed by atoms with Gasteiger partial charge in [-0.15, -0.1) is 0 Å². The van der Waals surface area contributed by atoms with E-state index in [4.69, 9.17) is 4.74 Å². The first-order valence-corrected chi connectivity index (χ1v) is 10.2. The highest BCUT2D eigenvalue weighted by molar-refractivity contribution is 8.00. The standard InChI is InChI=1S/C21H22FN3O3S/c1-4-25-18-11-6-14(20(27)28-5-2)12-17(18)24-21(25)29-13(3)19(26)23-16-9-7-15(22)8-10-16/h6-13H,4-5H2,1-3H3,(H,23,26)/t13-/m0/s1. The van der Waals surface area contributed by atoms with Gasteiger partial charge in [0.05, 0.1) is 28.5 Å². The van der Waals surface area contributed by atoms with Crippen molar-refractivity contribution in [2.75, 3.05) is 11.9 Å². The van der Waals surface area contributed by atoms with Crippen molar-refractivity contribution in [3.8, 4) is 0 Å². The Kier molecular flexibility index (Phi) is 6.53. The van der Waals surface area contributed by atoms with E-state index in [0.717, 1.165) is 5.52 Å². The lowest BCUT2D eigenvalue weighted by Gasteiger charge is -2.12. The summed E-state index contributed by atoms with van der Waals surface area (Å²) in [6.45, 7) is 6.52. The Morgan fingerprint density at radius 1 is 1.21 bits per heavy atom. The second-order valence-corrected chi connectivity index (χ2v) is 7.63. The minimum Gasteiger partial charge on any atom is -0.462 e. The average molecular weight is 415 g/mol. The molecule has 0 aliphatic rings. The third-order valence-electron chi connectivity index (χ3n) is 4.30. The number of imidazole rings is 1. The first-order chi connectivity index (χ1) is 13.9. The van der Waals surface area contributed by atoms with E-state index < -0.39 is 5.25 Å². The molecule has 0 bridgehead atoms. The summed E-state index contributed by atoms with van der Waals surface area (Å²) in [5.74, 6) is -0.950. The summed E-state index contributed by atoms with van der Waals surface area (Å²) in [5, 5.41) is 3.03. The van der Waals surface area contributed by atoms with Crippen LogP contribution in [0.3, 0.4) is 0 Å². The van der Waals surface area contributed by atoms with Crippen LogP contribution >= 0.6 is 11.8 Å². The first kappa shape index (κ1) is 20.9. The summed E-state index contributed by atoms with van der Waals surface area (Å²) in [7, 11) is 0. The molecular weight excluding hydrogens is 393 g/mol. The van der Waals surface area contributed by atoms with Gasteiger partial charge < -0.3 is 14.6 Å². The number of thioether (sulfide) groups is 1. The zero-order chi connectivity index (χ0) is 21.0. The number of carbonyl (C=O) groups excluding carboxylic acids is 2. The van der Waals surface area contributed by atoms with E-state index in [1.54, 1.807) is 26.0 Å². The predicted octanol–water partition coefficient (Wildman–Crippen LogP) is 4.49. The number of hydrogen-bond acceptors (Lipinski definition) is 5. The fourth-order valence-corrected chi connectivity index (χ4v) is 3.82. The van der Waals surface area contributed by atoms with Gasteiger partial charge in [-0.2, -0.15) is 0 Å². The number of hydrogen-bond donors (Lipinski definition) is 1. The van der Waals surface area contributed by atoms with E-state index in [-0.39, 0.29) is 17.7 Å². The van der Waals surface area contributed by atoms with Crippen LogP contribution in [0.25, 0.3) is 11.0 Å². The summed E-state index contributed by atoms with van der Waals surface area (Å²) < 4.78 is 20.1. The Morgan fingerprint density at radius 2 is 1.93 bits per heavy atom. The fraction of sp³-hybridized carbons (Fsp3) is 0.286. The van der Waals surface area contributed by atoms with Crippen molar-refractivity contribution in [3.05, 3.63) is 53.8 Å². The van der Waals surface area contributed by atoms with Crippen molar-refractivity contribution in [2.45, 2.75) is 37.7 Å². The van der Waals surface area contributed by atoms with Gasteiger partial charge in [0.25, 0.3) is 0 Å². The lowest BCUT2D eigenvalue weighted by atomic mass is 10.2. The second-order valence-electron chi connectivity index (χ2n) is 6.32. The van der Waals surface area contributed by atoms with Gasteiger partial charge in [0.1, 0.15) is 5.82 Å². The Morgan fingerprint density at radius 3 is 2.59 bits per heavy atom. The average Bonchev–Trinajstić information content (AvgIpc) is 3.05. The third kappa shape index (κ3) is 4.76. The summed E-state index contributed by atoms with van der Waals surface area (Å²) in [6, 6.07) is 10.9. The van der Waals surface area contributed by atoms with E-state index in [0.29, 0.717) is 35.1 Å². The molecule has 29 heavy (non-hydrogen) atoms. The van der Waals surface area contributed by atoms with Crippen LogP contribution in [0.2, 0.25) is 0 Å². The summed E-state index contributed by atoms with van der Waals surface area (Å²) in [6.07, 6.45) is 0. The quantitative estimate of drug-likeness (QED) is 0.455. The number of ether oxygens (including phenoxy) is 1. The number of esters is 1. The summed E-state index contributed by atoms with van der Waals surface area (Å²) >= 11 is 1.33. The van der Waals surface area contributed by atoms with Gasteiger partial charge in [-0.1, -0.05) is 11.8 Å². The maximum Gasteiger partial charge on any atom is 0.338 e. The maximum absolute atomic E-state index is 13.0. The molecule has 0 unspecified atom stereocenters. The Labute approximate surface area is 172 Å². The van der Waals surface area contributed by atoms with Crippen molar-refractivity contribution in [1.29, 1.82) is 0 Å². The Hall–Kier alpha value is -2.87. The highest BCUT2D eigenvalue weighted by Gasteiger charge is 2.20. The molecule has 1 N–H and O–H groups in total. The normalized spacial score (nSPS) is 12.0. The SMILES string of the molecule is CCOC(=O)c1ccc2c(c1)nc(S[C@@H](C)C(=O)Nc1ccc(F)cc1)n2CC. The molecule has 0 fully saturated rings. The van der Waals surface area contributed by atoms with Crippen LogP contribution < -0.4 is 5.32 Å². The van der Waals surface area contributed by atoms with Crippen molar-refractivity contribution < 1.29 is 18.7 Å². The molecule has 1 aromatic heterocycles. The number of benzene rings is 2. The molecule has 1 atom stereocenters. The van der Waals surface area contributed by atoms with Crippen LogP contribution in [0.15, 0.2) is 47.6 Å². The molecule has 0 aliphatic carbocycles. The van der Waals surface area contributed by atoms with Gasteiger partial charge in [-0.05, 0) is 63.2 Å². The number of rotatable bonds is 7. The molecule has 6 nitrogen and oxygen atoms in total. The van der Waals surface area contributed by atoms with Crippen LogP contribution in [0.1, 0.15) is 31.1 Å². The van der Waals surface area contributed by atoms with Crippen molar-refractivity contribution in [1.82, 2.24) is 9.55 Å². The molecular formula is C21H22FN3O3S. The monoisotopic (exact) mass is 415 g/mol. The predicted molar refractivity (Wildman–Crippen MR) is 112 cm³/mol. The van der Waals surface area contributed by atoms with Crippen molar-refractivity contribution in [3.63, 3.8) is 0 Å². The molecule has 0 saturated carbocycles. The first-order valence-electron chi connectivity index (χ1n) is 9.33. The van der Waals surface area contributed by atoms with Gasteiger partial charge >= 0.3 is 5.97 Å². The largest absolute Gasteiger partial charge is 0.462 e. The summed E-state index contributed by atoms with van der Waals surface area (Å²) in [4.78, 5) is 29.1. The lowest BCUT2D eigenvalue weighted by Crippen LogP contribution is -2.22. The van der Waals surface area contributed by atoms with Gasteiger partial charge in [-0.3, -0.25) is 4.79 Å². The van der Waals surface area contributed by atoms with Gasteiger partial charge in [0.15, 0.2) is 5.16 Å². The zero-order valence-corrected chi connectivity index (χ0v) is 17.3. The van der Waals surface area contributed by atoms with Gasteiger partial charge in [0, 0.05) is 12.2 Å². The Bertz CT molecular complexity index is 1030. The van der Waals surface area contributed by atoms with E-state index in [1.807, 2.05) is 17.6 Å². The fourth-order valence-electron chi connectivity index (χ4n) is 2.83. The number of aryl methyl sites for hydroxylation is 1. The molecule has 1 amide bonds. The molecule has 0 spiro atoms. The van der Waals surface area contributed by atoms with E-state index >= 15 is 0 Å². The number of fused-ring (bicyclic) bond motifs is 1. The molecule has 152 valence electrons. The molecule has 0 radical (unpaired) electrons. The van der Waals surface area contributed by atoms with Crippen LogP contribution in [-0.2, 0) is 16.1 Å². The van der Waals surface area contributed by atoms with Crippen LogP contribution in [0.4, 0.5) is 10.1 Å². The molecule has 0 aliphatic heterocycles. The Balaban J connectivity index is 1.79. The van der Waals surface area contributed by atoms with Crippen LogP contribution in [-0.4, -0.2) is 33.3 Å². The molecule has 1 heterocycles. The van der Waals surface area contributed by atoms with E-state index in [9.17, 15) is 14.0 Å². The summed E-state index contributed by atoms with van der Waals surface area (Å²) in [5.41, 5.74) is 2.53. The van der Waals surface area contributed by atoms with Crippen molar-refractivity contribution in [2.24, 2.45) is 0 Å². The minimum absolute atomic E-state index is 0.205. The smallest absolute Gasteiger partial charge is 0.338 e. The number of anilines is 1. The lowest BCUT2D eigenvalue weighted by molar-refractivity contribution is -0.115. The number of amides is 1. The van der Waals surface area contributed by atoms with Gasteiger partial charge in [-0.25, -0.2) is 14.2 Å². The molecule has 2 aromatic carbocycles. The minimum atomic E-state index is -0.424. The zero-order valence-electron chi connectivity index (χ0n) is 16.4.